The SMILES string of the molecule is Cc1nn(-c2ccc([N+](=O)[O-])cc2Cl)cc1CN. The van der Waals surface area contributed by atoms with Gasteiger partial charge in [0, 0.05) is 30.4 Å². The minimum Gasteiger partial charge on any atom is -0.326 e. The van der Waals surface area contributed by atoms with Gasteiger partial charge in [-0.05, 0) is 13.0 Å². The zero-order valence-electron chi connectivity index (χ0n) is 9.63. The van der Waals surface area contributed by atoms with Crippen molar-refractivity contribution >= 4 is 17.3 Å². The molecule has 0 aliphatic heterocycles. The van der Waals surface area contributed by atoms with Gasteiger partial charge in [-0.15, -0.1) is 0 Å². The predicted octanol–water partition coefficient (Wildman–Crippen LogP) is 2.20. The maximum Gasteiger partial charge on any atom is 0.271 e. The van der Waals surface area contributed by atoms with Crippen molar-refractivity contribution in [3.05, 3.63) is 50.8 Å². The van der Waals surface area contributed by atoms with E-state index in [2.05, 4.69) is 5.10 Å². The van der Waals surface area contributed by atoms with Gasteiger partial charge in [0.05, 0.1) is 21.3 Å². The van der Waals surface area contributed by atoms with Crippen molar-refractivity contribution in [2.24, 2.45) is 5.73 Å². The lowest BCUT2D eigenvalue weighted by molar-refractivity contribution is -0.384. The molecule has 0 amide bonds. The van der Waals surface area contributed by atoms with Crippen LogP contribution in [0.25, 0.3) is 5.69 Å². The number of rotatable bonds is 3. The van der Waals surface area contributed by atoms with E-state index >= 15 is 0 Å². The van der Waals surface area contributed by atoms with Crippen molar-refractivity contribution < 1.29 is 4.92 Å². The van der Waals surface area contributed by atoms with E-state index in [1.807, 2.05) is 6.92 Å². The smallest absolute Gasteiger partial charge is 0.271 e. The molecule has 18 heavy (non-hydrogen) atoms. The monoisotopic (exact) mass is 266 g/mol. The van der Waals surface area contributed by atoms with Gasteiger partial charge in [-0.3, -0.25) is 10.1 Å². The summed E-state index contributed by atoms with van der Waals surface area (Å²) >= 11 is 6.02. The van der Waals surface area contributed by atoms with Gasteiger partial charge in [0.2, 0.25) is 0 Å². The molecule has 1 aromatic carbocycles. The van der Waals surface area contributed by atoms with Crippen molar-refractivity contribution in [1.82, 2.24) is 9.78 Å². The van der Waals surface area contributed by atoms with Crippen molar-refractivity contribution in [2.75, 3.05) is 0 Å². The summed E-state index contributed by atoms with van der Waals surface area (Å²) in [7, 11) is 0. The van der Waals surface area contributed by atoms with E-state index in [0.717, 1.165) is 11.3 Å². The van der Waals surface area contributed by atoms with Crippen LogP contribution in [0.1, 0.15) is 11.3 Å². The van der Waals surface area contributed by atoms with Crippen molar-refractivity contribution in [3.63, 3.8) is 0 Å². The summed E-state index contributed by atoms with van der Waals surface area (Å²) in [5, 5.41) is 15.2. The third kappa shape index (κ3) is 2.20. The first-order valence-electron chi connectivity index (χ1n) is 5.22. The van der Waals surface area contributed by atoms with Gasteiger partial charge < -0.3 is 5.73 Å². The molecule has 94 valence electrons. The van der Waals surface area contributed by atoms with Crippen LogP contribution in [0.3, 0.4) is 0 Å². The normalized spacial score (nSPS) is 10.6. The average molecular weight is 267 g/mol. The van der Waals surface area contributed by atoms with E-state index < -0.39 is 4.92 Å². The Morgan fingerprint density at radius 3 is 2.78 bits per heavy atom. The van der Waals surface area contributed by atoms with Crippen molar-refractivity contribution in [3.8, 4) is 5.69 Å². The predicted molar refractivity (Wildman–Crippen MR) is 67.9 cm³/mol. The molecule has 2 rings (SSSR count). The number of aryl methyl sites for hydroxylation is 1. The lowest BCUT2D eigenvalue weighted by Crippen LogP contribution is -1.97. The van der Waals surface area contributed by atoms with Crippen LogP contribution < -0.4 is 5.73 Å². The van der Waals surface area contributed by atoms with Crippen LogP contribution in [0.2, 0.25) is 5.02 Å². The lowest BCUT2D eigenvalue weighted by atomic mass is 10.2. The maximum atomic E-state index is 10.6. The van der Waals surface area contributed by atoms with E-state index in [1.165, 1.54) is 12.1 Å². The second-order valence-electron chi connectivity index (χ2n) is 3.78. The molecular weight excluding hydrogens is 256 g/mol. The summed E-state index contributed by atoms with van der Waals surface area (Å²) in [4.78, 5) is 10.1. The Kier molecular flexibility index (Phi) is 3.31. The highest BCUT2D eigenvalue weighted by Crippen LogP contribution is 2.25. The fourth-order valence-corrected chi connectivity index (χ4v) is 1.88. The Morgan fingerprint density at radius 1 is 1.56 bits per heavy atom. The highest BCUT2D eigenvalue weighted by molar-refractivity contribution is 6.32. The number of nitro groups is 1. The highest BCUT2D eigenvalue weighted by atomic mass is 35.5. The molecule has 0 saturated heterocycles. The zero-order chi connectivity index (χ0) is 13.3. The second kappa shape index (κ2) is 4.75. The molecule has 0 radical (unpaired) electrons. The van der Waals surface area contributed by atoms with Crippen LogP contribution in [-0.4, -0.2) is 14.7 Å². The van der Waals surface area contributed by atoms with E-state index in [9.17, 15) is 10.1 Å². The van der Waals surface area contributed by atoms with Crippen LogP contribution >= 0.6 is 11.6 Å². The molecule has 0 spiro atoms. The number of nitrogens with zero attached hydrogens (tertiary/aromatic N) is 3. The quantitative estimate of drug-likeness (QED) is 0.681. The first-order chi connectivity index (χ1) is 8.52. The molecule has 0 aliphatic carbocycles. The molecule has 1 heterocycles. The Morgan fingerprint density at radius 2 is 2.28 bits per heavy atom. The van der Waals surface area contributed by atoms with Gasteiger partial charge in [-0.2, -0.15) is 5.10 Å². The van der Waals surface area contributed by atoms with E-state index in [4.69, 9.17) is 17.3 Å². The molecule has 7 heteroatoms. The number of aromatic nitrogens is 2. The zero-order valence-corrected chi connectivity index (χ0v) is 10.4. The summed E-state index contributed by atoms with van der Waals surface area (Å²) in [6.45, 7) is 2.23. The number of hydrogen-bond acceptors (Lipinski definition) is 4. The number of halogens is 1. The summed E-state index contributed by atoms with van der Waals surface area (Å²) in [5.74, 6) is 0. The lowest BCUT2D eigenvalue weighted by Gasteiger charge is -2.03. The largest absolute Gasteiger partial charge is 0.326 e. The third-order valence-corrected chi connectivity index (χ3v) is 2.91. The molecule has 2 N–H and O–H groups in total. The van der Waals surface area contributed by atoms with Gasteiger partial charge in [0.15, 0.2) is 0 Å². The van der Waals surface area contributed by atoms with Gasteiger partial charge in [0.1, 0.15) is 0 Å². The summed E-state index contributed by atoms with van der Waals surface area (Å²) in [6, 6.07) is 4.25. The molecule has 6 nitrogen and oxygen atoms in total. The maximum absolute atomic E-state index is 10.6. The number of hydrogen-bond donors (Lipinski definition) is 1. The molecule has 0 aliphatic rings. The van der Waals surface area contributed by atoms with Crippen LogP contribution in [-0.2, 0) is 6.54 Å². The number of benzene rings is 1. The molecule has 1 aromatic heterocycles. The van der Waals surface area contributed by atoms with Crippen LogP contribution in [0, 0.1) is 17.0 Å². The number of nitro benzene ring substituents is 1. The fraction of sp³-hybridized carbons (Fsp3) is 0.182. The van der Waals surface area contributed by atoms with Gasteiger partial charge in [0.25, 0.3) is 5.69 Å². The van der Waals surface area contributed by atoms with Gasteiger partial charge >= 0.3 is 0 Å². The topological polar surface area (TPSA) is 87.0 Å². The summed E-state index contributed by atoms with van der Waals surface area (Å²) < 4.78 is 1.57. The minimum atomic E-state index is -0.491. The Labute approximate surface area is 108 Å². The number of non-ortho nitro benzene ring substituents is 1. The van der Waals surface area contributed by atoms with E-state index in [0.29, 0.717) is 12.2 Å². The molecular formula is C11H11ClN4O2. The first-order valence-corrected chi connectivity index (χ1v) is 5.60. The van der Waals surface area contributed by atoms with Crippen LogP contribution in [0.5, 0.6) is 0 Å². The molecule has 2 aromatic rings. The molecule has 0 bridgehead atoms. The van der Waals surface area contributed by atoms with Crippen molar-refractivity contribution in [1.29, 1.82) is 0 Å². The summed E-state index contributed by atoms with van der Waals surface area (Å²) in [5.41, 5.74) is 7.83. The Bertz CT molecular complexity index is 609. The molecule has 0 unspecified atom stereocenters. The third-order valence-electron chi connectivity index (χ3n) is 2.61. The molecule has 0 saturated carbocycles. The fourth-order valence-electron chi connectivity index (χ4n) is 1.61. The molecule has 0 fully saturated rings. The highest BCUT2D eigenvalue weighted by Gasteiger charge is 2.12. The Hall–Kier alpha value is -1.92. The second-order valence-corrected chi connectivity index (χ2v) is 4.19. The van der Waals surface area contributed by atoms with Gasteiger partial charge in [-0.25, -0.2) is 4.68 Å². The summed E-state index contributed by atoms with van der Waals surface area (Å²) in [6.07, 6.45) is 1.77. The standard InChI is InChI=1S/C11H11ClN4O2/c1-7-8(5-13)6-15(14-7)11-3-2-9(16(17)18)4-10(11)12/h2-4,6H,5,13H2,1H3. The van der Waals surface area contributed by atoms with Crippen LogP contribution in [0.4, 0.5) is 5.69 Å². The van der Waals surface area contributed by atoms with Crippen molar-refractivity contribution in [2.45, 2.75) is 13.5 Å². The first kappa shape index (κ1) is 12.5. The molecule has 0 atom stereocenters. The Balaban J connectivity index is 2.47. The van der Waals surface area contributed by atoms with Gasteiger partial charge in [-0.1, -0.05) is 11.6 Å². The minimum absolute atomic E-state index is 0.0494. The van der Waals surface area contributed by atoms with Crippen LogP contribution in [0.15, 0.2) is 24.4 Å². The number of nitrogens with two attached hydrogens (primary N) is 1. The van der Waals surface area contributed by atoms with E-state index in [-0.39, 0.29) is 10.7 Å². The van der Waals surface area contributed by atoms with E-state index in [1.54, 1.807) is 16.9 Å². The average Bonchev–Trinajstić information content (AvgIpc) is 2.70.